The quantitative estimate of drug-likeness (QED) is 0.261. The van der Waals surface area contributed by atoms with E-state index in [9.17, 15) is 10.1 Å². The number of hydrogen-bond donors (Lipinski definition) is 1. The lowest BCUT2D eigenvalue weighted by molar-refractivity contribution is -0.384. The number of nitro groups is 1. The first-order valence-electron chi connectivity index (χ1n) is 9.69. The molecule has 3 rings (SSSR count). The average molecular weight is 440 g/mol. The summed E-state index contributed by atoms with van der Waals surface area (Å²) in [5.41, 5.74) is 5.66. The molecule has 0 amide bonds. The minimum absolute atomic E-state index is 0.0468. The maximum absolute atomic E-state index is 10.8. The van der Waals surface area contributed by atoms with Gasteiger partial charge in [0, 0.05) is 17.2 Å². The summed E-state index contributed by atoms with van der Waals surface area (Å²) in [5, 5.41) is 15.7. The highest BCUT2D eigenvalue weighted by atomic mass is 35.5. The molecule has 0 bridgehead atoms. The van der Waals surface area contributed by atoms with E-state index in [1.807, 2.05) is 49.4 Å². The van der Waals surface area contributed by atoms with Crippen LogP contribution in [0.3, 0.4) is 0 Å². The molecule has 160 valence electrons. The maximum atomic E-state index is 10.8. The Kier molecular flexibility index (Phi) is 7.84. The van der Waals surface area contributed by atoms with Crippen LogP contribution in [0.25, 0.3) is 0 Å². The Morgan fingerprint density at radius 1 is 1.06 bits per heavy atom. The third-order valence-corrected chi connectivity index (χ3v) is 4.71. The van der Waals surface area contributed by atoms with E-state index in [-0.39, 0.29) is 12.3 Å². The number of ether oxygens (including phenoxy) is 2. The van der Waals surface area contributed by atoms with Gasteiger partial charge < -0.3 is 14.9 Å². The number of non-ortho nitro benzene ring substituents is 1. The fraction of sp³-hybridized carbons (Fsp3) is 0.174. The van der Waals surface area contributed by atoms with E-state index >= 15 is 0 Å². The topological polar surface area (TPSA) is 86.0 Å². The summed E-state index contributed by atoms with van der Waals surface area (Å²) in [6, 6.07) is 19.4. The second-order valence-electron chi connectivity index (χ2n) is 6.54. The number of halogens is 1. The monoisotopic (exact) mass is 439 g/mol. The number of benzene rings is 3. The summed E-state index contributed by atoms with van der Waals surface area (Å²) in [5.74, 6) is 1.18. The van der Waals surface area contributed by atoms with E-state index in [2.05, 4.69) is 10.5 Å². The molecule has 0 saturated heterocycles. The minimum Gasteiger partial charge on any atom is -0.490 e. The molecule has 0 aromatic heterocycles. The van der Waals surface area contributed by atoms with Crippen molar-refractivity contribution in [2.45, 2.75) is 20.1 Å². The molecule has 0 unspecified atom stereocenters. The Morgan fingerprint density at radius 3 is 2.55 bits per heavy atom. The molecule has 0 aliphatic heterocycles. The second kappa shape index (κ2) is 11.0. The van der Waals surface area contributed by atoms with Gasteiger partial charge in [0.05, 0.1) is 24.3 Å². The van der Waals surface area contributed by atoms with Gasteiger partial charge in [0.1, 0.15) is 6.61 Å². The smallest absolute Gasteiger partial charge is 0.269 e. The zero-order valence-electron chi connectivity index (χ0n) is 17.0. The molecule has 1 N–H and O–H groups in total. The molecule has 0 heterocycles. The Morgan fingerprint density at radius 2 is 1.84 bits per heavy atom. The third kappa shape index (κ3) is 6.45. The van der Waals surface area contributed by atoms with Crippen molar-refractivity contribution in [2.75, 3.05) is 6.61 Å². The molecule has 0 aliphatic rings. The van der Waals surface area contributed by atoms with Crippen LogP contribution in [0.15, 0.2) is 71.8 Å². The highest BCUT2D eigenvalue weighted by Crippen LogP contribution is 2.29. The number of nitrogens with zero attached hydrogens (tertiary/aromatic N) is 2. The molecule has 3 aromatic carbocycles. The summed E-state index contributed by atoms with van der Waals surface area (Å²) in [6.07, 6.45) is 1.69. The SMILES string of the molecule is CCOc1cc(/C=N\NCc2ccccc2Cl)ccc1OCc1ccc([N+](=O)[O-])cc1. The van der Waals surface area contributed by atoms with Gasteiger partial charge in [0.25, 0.3) is 5.69 Å². The highest BCUT2D eigenvalue weighted by molar-refractivity contribution is 6.31. The Balaban J connectivity index is 1.61. The van der Waals surface area contributed by atoms with Gasteiger partial charge in [-0.15, -0.1) is 0 Å². The van der Waals surface area contributed by atoms with Gasteiger partial charge in [0.2, 0.25) is 0 Å². The second-order valence-corrected chi connectivity index (χ2v) is 6.94. The zero-order chi connectivity index (χ0) is 22.1. The van der Waals surface area contributed by atoms with Crippen LogP contribution in [0, 0.1) is 10.1 Å². The van der Waals surface area contributed by atoms with E-state index in [4.69, 9.17) is 21.1 Å². The average Bonchev–Trinajstić information content (AvgIpc) is 2.78. The first kappa shape index (κ1) is 22.1. The number of nitrogens with one attached hydrogen (secondary N) is 1. The molecule has 0 radical (unpaired) electrons. The predicted molar refractivity (Wildman–Crippen MR) is 121 cm³/mol. The van der Waals surface area contributed by atoms with Crippen LogP contribution in [-0.2, 0) is 13.2 Å². The first-order chi connectivity index (χ1) is 15.1. The summed E-state index contributed by atoms with van der Waals surface area (Å²) in [7, 11) is 0. The fourth-order valence-electron chi connectivity index (χ4n) is 2.76. The van der Waals surface area contributed by atoms with Gasteiger partial charge in [-0.25, -0.2) is 0 Å². The summed E-state index contributed by atoms with van der Waals surface area (Å²) >= 11 is 6.14. The normalized spacial score (nSPS) is 10.8. The molecule has 3 aromatic rings. The first-order valence-corrected chi connectivity index (χ1v) is 10.1. The Bertz CT molecular complexity index is 1050. The van der Waals surface area contributed by atoms with Gasteiger partial charge in [-0.3, -0.25) is 10.1 Å². The van der Waals surface area contributed by atoms with Crippen molar-refractivity contribution in [1.82, 2.24) is 5.43 Å². The van der Waals surface area contributed by atoms with Crippen molar-refractivity contribution in [1.29, 1.82) is 0 Å². The van der Waals surface area contributed by atoms with Crippen LogP contribution in [0.1, 0.15) is 23.6 Å². The van der Waals surface area contributed by atoms with Crippen LogP contribution in [0.5, 0.6) is 11.5 Å². The van der Waals surface area contributed by atoms with E-state index in [0.717, 1.165) is 16.7 Å². The van der Waals surface area contributed by atoms with Crippen molar-refractivity contribution in [3.63, 3.8) is 0 Å². The van der Waals surface area contributed by atoms with Gasteiger partial charge in [-0.1, -0.05) is 29.8 Å². The van der Waals surface area contributed by atoms with Crippen LogP contribution >= 0.6 is 11.6 Å². The van der Waals surface area contributed by atoms with Crippen molar-refractivity contribution < 1.29 is 14.4 Å². The third-order valence-electron chi connectivity index (χ3n) is 4.34. The highest BCUT2D eigenvalue weighted by Gasteiger charge is 2.08. The molecule has 0 aliphatic carbocycles. The molecule has 8 heteroatoms. The molecule has 0 fully saturated rings. The summed E-state index contributed by atoms with van der Waals surface area (Å²) < 4.78 is 11.6. The van der Waals surface area contributed by atoms with Crippen molar-refractivity contribution in [3.05, 3.63) is 98.6 Å². The Hall–Kier alpha value is -3.58. The van der Waals surface area contributed by atoms with E-state index < -0.39 is 4.92 Å². The zero-order valence-corrected chi connectivity index (χ0v) is 17.7. The van der Waals surface area contributed by atoms with Crippen LogP contribution in [-0.4, -0.2) is 17.7 Å². The van der Waals surface area contributed by atoms with Crippen molar-refractivity contribution in [2.24, 2.45) is 5.10 Å². The maximum Gasteiger partial charge on any atom is 0.269 e. The lowest BCUT2D eigenvalue weighted by atomic mass is 10.2. The number of hydrazone groups is 1. The molecule has 0 atom stereocenters. The van der Waals surface area contributed by atoms with Gasteiger partial charge >= 0.3 is 0 Å². The van der Waals surface area contributed by atoms with Gasteiger partial charge in [-0.2, -0.15) is 5.10 Å². The minimum atomic E-state index is -0.429. The van der Waals surface area contributed by atoms with Crippen LogP contribution in [0.2, 0.25) is 5.02 Å². The Labute approximate surface area is 185 Å². The van der Waals surface area contributed by atoms with Gasteiger partial charge in [0.15, 0.2) is 11.5 Å². The molecule has 0 spiro atoms. The lowest BCUT2D eigenvalue weighted by Crippen LogP contribution is -2.06. The standard InChI is InChI=1S/C23H22ClN3O4/c1-2-30-23-13-18(14-25-26-15-19-5-3-4-6-21(19)24)9-12-22(23)31-16-17-7-10-20(11-8-17)27(28)29/h3-14,26H,2,15-16H2,1H3/b25-14-. The van der Waals surface area contributed by atoms with Crippen molar-refractivity contribution in [3.8, 4) is 11.5 Å². The van der Waals surface area contributed by atoms with E-state index in [1.54, 1.807) is 18.3 Å². The van der Waals surface area contributed by atoms with E-state index in [1.165, 1.54) is 12.1 Å². The number of nitro benzene ring substituents is 1. The fourth-order valence-corrected chi connectivity index (χ4v) is 2.96. The number of hydrogen-bond acceptors (Lipinski definition) is 6. The van der Waals surface area contributed by atoms with Crippen LogP contribution < -0.4 is 14.9 Å². The van der Waals surface area contributed by atoms with Crippen LogP contribution in [0.4, 0.5) is 5.69 Å². The van der Waals surface area contributed by atoms with Crippen molar-refractivity contribution >= 4 is 23.5 Å². The summed E-state index contributed by atoms with van der Waals surface area (Å²) in [4.78, 5) is 10.3. The van der Waals surface area contributed by atoms with E-state index in [0.29, 0.717) is 29.7 Å². The molecular weight excluding hydrogens is 418 g/mol. The molecule has 31 heavy (non-hydrogen) atoms. The molecular formula is C23H22ClN3O4. The molecule has 7 nitrogen and oxygen atoms in total. The number of rotatable bonds is 10. The predicted octanol–water partition coefficient (Wildman–Crippen LogP) is 5.35. The lowest BCUT2D eigenvalue weighted by Gasteiger charge is -2.12. The van der Waals surface area contributed by atoms with Gasteiger partial charge in [-0.05, 0) is 60.0 Å². The largest absolute Gasteiger partial charge is 0.490 e. The summed E-state index contributed by atoms with van der Waals surface area (Å²) in [6.45, 7) is 3.17. The molecule has 0 saturated carbocycles.